The molecule has 24 heavy (non-hydrogen) atoms. The second kappa shape index (κ2) is 9.03. The topological polar surface area (TPSA) is 59.6 Å². The van der Waals surface area contributed by atoms with Gasteiger partial charge < -0.3 is 20.1 Å². The Morgan fingerprint density at radius 1 is 1.00 bits per heavy atom. The number of hydrogen-bond donors (Lipinski definition) is 2. The van der Waals surface area contributed by atoms with Crippen LogP contribution in [0.2, 0.25) is 5.02 Å². The summed E-state index contributed by atoms with van der Waals surface area (Å²) in [5.74, 6) is 1.30. The van der Waals surface area contributed by atoms with Crippen molar-refractivity contribution >= 4 is 17.6 Å². The van der Waals surface area contributed by atoms with Crippen LogP contribution in [0.4, 0.5) is 4.79 Å². The molecule has 0 aliphatic carbocycles. The van der Waals surface area contributed by atoms with E-state index >= 15 is 0 Å². The number of nitrogens with one attached hydrogen (secondary N) is 2. The van der Waals surface area contributed by atoms with Gasteiger partial charge in [0, 0.05) is 18.1 Å². The Labute approximate surface area is 146 Å². The van der Waals surface area contributed by atoms with Crippen LogP contribution in [-0.4, -0.2) is 26.8 Å². The van der Waals surface area contributed by atoms with Gasteiger partial charge in [0.15, 0.2) is 11.5 Å². The Balaban J connectivity index is 1.77. The van der Waals surface area contributed by atoms with Gasteiger partial charge in [-0.15, -0.1) is 0 Å². The van der Waals surface area contributed by atoms with E-state index in [4.69, 9.17) is 21.1 Å². The third-order valence-corrected chi connectivity index (χ3v) is 3.72. The highest BCUT2D eigenvalue weighted by Crippen LogP contribution is 2.27. The molecule has 2 rings (SSSR count). The number of benzene rings is 2. The molecule has 2 aromatic carbocycles. The molecule has 0 spiro atoms. The number of hydrogen-bond acceptors (Lipinski definition) is 3. The molecule has 2 aromatic rings. The zero-order valence-electron chi connectivity index (χ0n) is 13.8. The second-order valence-electron chi connectivity index (χ2n) is 5.18. The van der Waals surface area contributed by atoms with Gasteiger partial charge in [-0.1, -0.05) is 29.8 Å². The van der Waals surface area contributed by atoms with Crippen LogP contribution in [0.1, 0.15) is 11.1 Å². The summed E-state index contributed by atoms with van der Waals surface area (Å²) < 4.78 is 10.4. The number of ether oxygens (including phenoxy) is 2. The second-order valence-corrected chi connectivity index (χ2v) is 5.62. The maximum Gasteiger partial charge on any atom is 0.315 e. The molecule has 0 fully saturated rings. The number of methoxy groups -OCH3 is 2. The van der Waals surface area contributed by atoms with E-state index in [2.05, 4.69) is 10.6 Å². The van der Waals surface area contributed by atoms with Gasteiger partial charge in [-0.3, -0.25) is 0 Å². The Kier molecular flexibility index (Phi) is 6.75. The van der Waals surface area contributed by atoms with Crippen LogP contribution < -0.4 is 20.1 Å². The van der Waals surface area contributed by atoms with E-state index in [9.17, 15) is 4.79 Å². The van der Waals surface area contributed by atoms with Crippen molar-refractivity contribution in [3.05, 3.63) is 58.6 Å². The van der Waals surface area contributed by atoms with Crippen LogP contribution in [0.25, 0.3) is 0 Å². The fraction of sp³-hybridized carbons (Fsp3) is 0.278. The highest BCUT2D eigenvalue weighted by atomic mass is 35.5. The van der Waals surface area contributed by atoms with Gasteiger partial charge in [-0.2, -0.15) is 0 Å². The van der Waals surface area contributed by atoms with Crippen LogP contribution in [0.15, 0.2) is 42.5 Å². The van der Waals surface area contributed by atoms with Gasteiger partial charge in [0.05, 0.1) is 14.2 Å². The lowest BCUT2D eigenvalue weighted by atomic mass is 10.1. The summed E-state index contributed by atoms with van der Waals surface area (Å²) in [6.07, 6.45) is 0.727. The van der Waals surface area contributed by atoms with Crippen molar-refractivity contribution in [2.75, 3.05) is 20.8 Å². The molecule has 0 saturated heterocycles. The summed E-state index contributed by atoms with van der Waals surface area (Å²) in [6, 6.07) is 12.9. The third-order valence-electron chi connectivity index (χ3n) is 3.49. The minimum atomic E-state index is -0.216. The molecule has 0 bridgehead atoms. The highest BCUT2D eigenvalue weighted by molar-refractivity contribution is 6.30. The molecule has 0 unspecified atom stereocenters. The van der Waals surface area contributed by atoms with Crippen molar-refractivity contribution < 1.29 is 14.3 Å². The molecule has 128 valence electrons. The van der Waals surface area contributed by atoms with Crippen molar-refractivity contribution in [2.45, 2.75) is 13.0 Å². The summed E-state index contributed by atoms with van der Waals surface area (Å²) >= 11 is 5.93. The van der Waals surface area contributed by atoms with Crippen LogP contribution in [0.5, 0.6) is 11.5 Å². The van der Waals surface area contributed by atoms with E-state index in [1.165, 1.54) is 0 Å². The molecule has 0 aromatic heterocycles. The number of halogens is 1. The molecule has 2 amide bonds. The lowest BCUT2D eigenvalue weighted by Gasteiger charge is -2.11. The average Bonchev–Trinajstić information content (AvgIpc) is 2.59. The summed E-state index contributed by atoms with van der Waals surface area (Å²) in [7, 11) is 3.17. The zero-order valence-corrected chi connectivity index (χ0v) is 14.5. The van der Waals surface area contributed by atoms with Gasteiger partial charge in [-0.25, -0.2) is 4.79 Å². The maximum absolute atomic E-state index is 11.8. The molecular weight excluding hydrogens is 328 g/mol. The van der Waals surface area contributed by atoms with Gasteiger partial charge >= 0.3 is 6.03 Å². The summed E-state index contributed by atoms with van der Waals surface area (Å²) in [5.41, 5.74) is 2.01. The van der Waals surface area contributed by atoms with Gasteiger partial charge in [0.2, 0.25) is 0 Å². The van der Waals surface area contributed by atoms with Crippen molar-refractivity contribution in [3.63, 3.8) is 0 Å². The van der Waals surface area contributed by atoms with E-state index < -0.39 is 0 Å². The van der Waals surface area contributed by atoms with Crippen LogP contribution in [-0.2, 0) is 13.0 Å². The molecule has 0 aliphatic rings. The quantitative estimate of drug-likeness (QED) is 0.806. The normalized spacial score (nSPS) is 10.1. The first-order chi connectivity index (χ1) is 11.6. The van der Waals surface area contributed by atoms with Crippen molar-refractivity contribution in [1.29, 1.82) is 0 Å². The van der Waals surface area contributed by atoms with Gasteiger partial charge in [-0.05, 0) is 41.8 Å². The van der Waals surface area contributed by atoms with Crippen LogP contribution in [0, 0.1) is 0 Å². The highest BCUT2D eigenvalue weighted by Gasteiger charge is 2.06. The van der Waals surface area contributed by atoms with Gasteiger partial charge in [0.1, 0.15) is 0 Å². The first-order valence-electron chi connectivity index (χ1n) is 7.59. The first kappa shape index (κ1) is 17.9. The Morgan fingerprint density at radius 3 is 2.50 bits per heavy atom. The van der Waals surface area contributed by atoms with Crippen molar-refractivity contribution in [2.24, 2.45) is 0 Å². The monoisotopic (exact) mass is 348 g/mol. The average molecular weight is 349 g/mol. The van der Waals surface area contributed by atoms with Gasteiger partial charge in [0.25, 0.3) is 0 Å². The lowest BCUT2D eigenvalue weighted by molar-refractivity contribution is 0.240. The molecule has 0 heterocycles. The summed E-state index contributed by atoms with van der Waals surface area (Å²) in [4.78, 5) is 11.8. The Hall–Kier alpha value is -2.40. The number of carbonyl (C=O) groups is 1. The largest absolute Gasteiger partial charge is 0.493 e. The predicted octanol–water partition coefficient (Wildman–Crippen LogP) is 3.40. The van der Waals surface area contributed by atoms with Crippen LogP contribution >= 0.6 is 11.6 Å². The Bertz CT molecular complexity index is 692. The minimum Gasteiger partial charge on any atom is -0.493 e. The lowest BCUT2D eigenvalue weighted by Crippen LogP contribution is -2.36. The third kappa shape index (κ3) is 5.35. The molecule has 0 saturated carbocycles. The SMILES string of the molecule is COc1ccc(CNC(=O)NCCc2cccc(Cl)c2)cc1OC. The van der Waals surface area contributed by atoms with Crippen molar-refractivity contribution in [3.8, 4) is 11.5 Å². The maximum atomic E-state index is 11.8. The molecule has 0 aliphatic heterocycles. The van der Waals surface area contributed by atoms with E-state index in [1.807, 2.05) is 42.5 Å². The first-order valence-corrected chi connectivity index (χ1v) is 7.97. The molecule has 5 nitrogen and oxygen atoms in total. The van der Waals surface area contributed by atoms with E-state index in [0.29, 0.717) is 29.6 Å². The van der Waals surface area contributed by atoms with E-state index in [-0.39, 0.29) is 6.03 Å². The fourth-order valence-electron chi connectivity index (χ4n) is 2.25. The van der Waals surface area contributed by atoms with Crippen molar-refractivity contribution in [1.82, 2.24) is 10.6 Å². The molecule has 0 atom stereocenters. The number of amides is 2. The van der Waals surface area contributed by atoms with E-state index in [0.717, 1.165) is 17.5 Å². The smallest absolute Gasteiger partial charge is 0.315 e. The Morgan fingerprint density at radius 2 is 1.79 bits per heavy atom. The summed E-state index contributed by atoms with van der Waals surface area (Å²) in [5, 5.41) is 6.34. The standard InChI is InChI=1S/C18H21ClN2O3/c1-23-16-7-6-14(11-17(16)24-2)12-21-18(22)20-9-8-13-4-3-5-15(19)10-13/h3-7,10-11H,8-9,12H2,1-2H3,(H2,20,21,22). The molecular formula is C18H21ClN2O3. The molecule has 2 N–H and O–H groups in total. The number of urea groups is 1. The summed E-state index contributed by atoms with van der Waals surface area (Å²) in [6.45, 7) is 0.946. The predicted molar refractivity (Wildman–Crippen MR) is 94.9 cm³/mol. The zero-order chi connectivity index (χ0) is 17.4. The number of rotatable bonds is 7. The molecule has 0 radical (unpaired) electrons. The number of carbonyl (C=O) groups excluding carboxylic acids is 1. The van der Waals surface area contributed by atoms with E-state index in [1.54, 1.807) is 14.2 Å². The fourth-order valence-corrected chi connectivity index (χ4v) is 2.46. The minimum absolute atomic E-state index is 0.216. The molecule has 6 heteroatoms. The van der Waals surface area contributed by atoms with Crippen LogP contribution in [0.3, 0.4) is 0 Å².